The lowest BCUT2D eigenvalue weighted by Crippen LogP contribution is -2.42. The molecule has 224 valence electrons. The number of hydrogen-bond acceptors (Lipinski definition) is 5. The summed E-state index contributed by atoms with van der Waals surface area (Å²) in [4.78, 5) is 24.1. The van der Waals surface area contributed by atoms with E-state index in [1.54, 1.807) is 10.6 Å². The molecule has 2 aromatic heterocycles. The highest BCUT2D eigenvalue weighted by molar-refractivity contribution is 5.90. The number of anilines is 1. The highest BCUT2D eigenvalue weighted by Gasteiger charge is 2.51. The van der Waals surface area contributed by atoms with Crippen LogP contribution in [0.2, 0.25) is 0 Å². The normalized spacial score (nSPS) is 21.7. The zero-order valence-electron chi connectivity index (χ0n) is 23.9. The molecule has 2 aliphatic rings. The molecule has 2 saturated heterocycles. The molecular weight excluding hydrogens is 562 g/mol. The predicted molar refractivity (Wildman–Crippen MR) is 153 cm³/mol. The largest absolute Gasteiger partial charge is 0.416 e. The number of rotatable bonds is 4. The Kier molecular flexibility index (Phi) is 6.46. The number of aliphatic hydroxyl groups is 1. The number of nitrogens with two attached hydrogens (primary N) is 1. The Morgan fingerprint density at radius 2 is 1.79 bits per heavy atom. The molecule has 2 aliphatic heterocycles. The van der Waals surface area contributed by atoms with Gasteiger partial charge in [0.25, 0.3) is 0 Å². The van der Waals surface area contributed by atoms with E-state index in [2.05, 4.69) is 11.6 Å². The number of piperidine rings is 1. The molecule has 1 amide bonds. The van der Waals surface area contributed by atoms with Gasteiger partial charge >= 0.3 is 6.18 Å². The minimum atomic E-state index is -4.60. The van der Waals surface area contributed by atoms with E-state index in [9.17, 15) is 23.1 Å². The number of benzene rings is 2. The molecule has 0 radical (unpaired) electrons. The second-order valence-corrected chi connectivity index (χ2v) is 12.1. The van der Waals surface area contributed by atoms with Crippen molar-refractivity contribution in [1.82, 2.24) is 19.3 Å². The van der Waals surface area contributed by atoms with Gasteiger partial charge in [-0.15, -0.1) is 0 Å². The van der Waals surface area contributed by atoms with E-state index in [1.807, 2.05) is 18.7 Å². The Balaban J connectivity index is 1.39. The number of alkyl halides is 3. The first-order valence-corrected chi connectivity index (χ1v) is 14.0. The minimum absolute atomic E-state index is 0.0175. The number of amides is 1. The number of nitrogen functional groups attached to an aromatic ring is 1. The number of halogens is 4. The third-order valence-corrected chi connectivity index (χ3v) is 9.10. The number of carbonyl (C=O) groups is 1. The maximum absolute atomic E-state index is 15.9. The monoisotopic (exact) mass is 593 g/mol. The van der Waals surface area contributed by atoms with Gasteiger partial charge in [-0.1, -0.05) is 24.8 Å². The summed E-state index contributed by atoms with van der Waals surface area (Å²) < 4.78 is 57.5. The molecule has 1 unspecified atom stereocenters. The van der Waals surface area contributed by atoms with E-state index in [4.69, 9.17) is 10.7 Å². The van der Waals surface area contributed by atoms with E-state index in [1.165, 1.54) is 37.4 Å². The van der Waals surface area contributed by atoms with Gasteiger partial charge in [0.15, 0.2) is 0 Å². The van der Waals surface area contributed by atoms with Crippen molar-refractivity contribution < 1.29 is 27.5 Å². The number of hydrogen-bond donors (Lipinski definition) is 2. The van der Waals surface area contributed by atoms with E-state index in [-0.39, 0.29) is 46.1 Å². The topological polar surface area (TPSA) is 96.8 Å². The number of nitrogens with zero attached hydrogens (tertiary/aromatic N) is 4. The molecule has 7 nitrogen and oxygen atoms in total. The standard InChI is InChI=1S/C32H31F4N5O2/c1-17-24-11-8-18(16-41(24)29(42)30(17,2)3)28-39-25(26-27(37)38-12-13-40(26)28)22-10-9-20(15-23(22)33)31(4,43)19-6-5-7-21(14-19)32(34,35)36/h5-7,9-10,12-15,18,24,43H,1,8,11,16H2,2-4H3,(H2,37,38)/t18-,24+,31?/m1/s1. The fourth-order valence-electron chi connectivity index (χ4n) is 6.42. The summed E-state index contributed by atoms with van der Waals surface area (Å²) in [5, 5.41) is 11.3. The summed E-state index contributed by atoms with van der Waals surface area (Å²) in [6.45, 7) is 9.71. The Morgan fingerprint density at radius 1 is 1.09 bits per heavy atom. The molecule has 4 aromatic rings. The van der Waals surface area contributed by atoms with E-state index >= 15 is 4.39 Å². The van der Waals surface area contributed by atoms with Gasteiger partial charge in [-0.2, -0.15) is 13.2 Å². The van der Waals surface area contributed by atoms with Crippen LogP contribution >= 0.6 is 0 Å². The molecule has 3 atom stereocenters. The van der Waals surface area contributed by atoms with Gasteiger partial charge in [-0.05, 0) is 74.6 Å². The van der Waals surface area contributed by atoms with Crippen molar-refractivity contribution >= 4 is 17.2 Å². The van der Waals surface area contributed by atoms with Crippen LogP contribution in [0.5, 0.6) is 0 Å². The van der Waals surface area contributed by atoms with Gasteiger partial charge in [0.1, 0.15) is 34.3 Å². The third-order valence-electron chi connectivity index (χ3n) is 9.10. The summed E-state index contributed by atoms with van der Waals surface area (Å²) >= 11 is 0. The van der Waals surface area contributed by atoms with Gasteiger partial charge in [0.05, 0.1) is 17.0 Å². The summed E-state index contributed by atoms with van der Waals surface area (Å²) in [5.74, 6) is -0.134. The van der Waals surface area contributed by atoms with Crippen LogP contribution in [-0.2, 0) is 16.6 Å². The first kappa shape index (κ1) is 28.9. The molecule has 6 rings (SSSR count). The fraction of sp³-hybridized carbons (Fsp3) is 0.344. The number of aromatic nitrogens is 3. The van der Waals surface area contributed by atoms with Gasteiger partial charge < -0.3 is 15.7 Å². The molecule has 3 N–H and O–H groups in total. The smallest absolute Gasteiger partial charge is 0.382 e. The van der Waals surface area contributed by atoms with Crippen molar-refractivity contribution in [3.8, 4) is 11.3 Å². The Hall–Kier alpha value is -4.25. The minimum Gasteiger partial charge on any atom is -0.382 e. The zero-order chi connectivity index (χ0) is 31.1. The first-order valence-electron chi connectivity index (χ1n) is 14.0. The molecule has 2 aromatic carbocycles. The molecule has 0 spiro atoms. The van der Waals surface area contributed by atoms with Gasteiger partial charge in [0, 0.05) is 30.4 Å². The highest BCUT2D eigenvalue weighted by atomic mass is 19.4. The molecule has 0 bridgehead atoms. The van der Waals surface area contributed by atoms with Crippen LogP contribution in [-0.4, -0.2) is 42.9 Å². The van der Waals surface area contributed by atoms with Crippen LogP contribution in [0.3, 0.4) is 0 Å². The van der Waals surface area contributed by atoms with Crippen LogP contribution in [0.15, 0.2) is 67.0 Å². The third kappa shape index (κ3) is 4.48. The van der Waals surface area contributed by atoms with Crippen LogP contribution < -0.4 is 5.73 Å². The van der Waals surface area contributed by atoms with Gasteiger partial charge in [0.2, 0.25) is 5.91 Å². The average Bonchev–Trinajstić information content (AvgIpc) is 3.43. The molecule has 2 fully saturated rings. The number of imidazole rings is 1. The second kappa shape index (κ2) is 9.63. The SMILES string of the molecule is C=C1[C@@H]2CC[C@@H](c3nc(-c4ccc(C(C)(O)c5cccc(C(F)(F)F)c5)cc4F)c4c(N)nccn34)CN2C(=O)C1(C)C. The maximum atomic E-state index is 15.9. The predicted octanol–water partition coefficient (Wildman–Crippen LogP) is 6.06. The van der Waals surface area contributed by atoms with E-state index in [0.717, 1.165) is 36.6 Å². The average molecular weight is 594 g/mol. The summed E-state index contributed by atoms with van der Waals surface area (Å²) in [6, 6.07) is 8.26. The molecule has 43 heavy (non-hydrogen) atoms. The Morgan fingerprint density at radius 3 is 2.49 bits per heavy atom. The lowest BCUT2D eigenvalue weighted by atomic mass is 9.83. The van der Waals surface area contributed by atoms with Crippen molar-refractivity contribution in [2.45, 2.75) is 57.3 Å². The van der Waals surface area contributed by atoms with Crippen LogP contribution in [0, 0.1) is 11.2 Å². The number of fused-ring (bicyclic) bond motifs is 2. The van der Waals surface area contributed by atoms with Crippen molar-refractivity contribution in [1.29, 1.82) is 0 Å². The summed E-state index contributed by atoms with van der Waals surface area (Å²) in [7, 11) is 0. The summed E-state index contributed by atoms with van der Waals surface area (Å²) in [6.07, 6.45) is 0.0763. The molecule has 0 saturated carbocycles. The maximum Gasteiger partial charge on any atom is 0.416 e. The van der Waals surface area contributed by atoms with Crippen molar-refractivity contribution in [3.63, 3.8) is 0 Å². The molecular formula is C32H31F4N5O2. The van der Waals surface area contributed by atoms with Crippen molar-refractivity contribution in [3.05, 3.63) is 95.3 Å². The van der Waals surface area contributed by atoms with Crippen molar-refractivity contribution in [2.24, 2.45) is 5.41 Å². The first-order chi connectivity index (χ1) is 20.1. The van der Waals surface area contributed by atoms with Gasteiger partial charge in [-0.25, -0.2) is 14.4 Å². The Labute approximate surface area is 245 Å². The van der Waals surface area contributed by atoms with E-state index < -0.39 is 28.6 Å². The Bertz CT molecular complexity index is 1790. The fourth-order valence-corrected chi connectivity index (χ4v) is 6.42. The lowest BCUT2D eigenvalue weighted by Gasteiger charge is -2.34. The van der Waals surface area contributed by atoms with E-state index in [0.29, 0.717) is 17.9 Å². The zero-order valence-corrected chi connectivity index (χ0v) is 23.9. The number of carbonyl (C=O) groups excluding carboxylic acids is 1. The molecule has 0 aliphatic carbocycles. The quantitative estimate of drug-likeness (QED) is 0.222. The van der Waals surface area contributed by atoms with Crippen LogP contribution in [0.25, 0.3) is 16.8 Å². The van der Waals surface area contributed by atoms with Crippen LogP contribution in [0.4, 0.5) is 23.4 Å². The molecule has 11 heteroatoms. The van der Waals surface area contributed by atoms with Gasteiger partial charge in [-0.3, -0.25) is 9.20 Å². The summed E-state index contributed by atoms with van der Waals surface area (Å²) in [5.41, 5.74) is 4.46. The lowest BCUT2D eigenvalue weighted by molar-refractivity contribution is -0.138. The second-order valence-electron chi connectivity index (χ2n) is 12.1. The molecule has 4 heterocycles. The highest BCUT2D eigenvalue weighted by Crippen LogP contribution is 2.46. The van der Waals surface area contributed by atoms with Crippen LogP contribution in [0.1, 0.15) is 62.0 Å². The van der Waals surface area contributed by atoms with Crippen molar-refractivity contribution in [2.75, 3.05) is 12.3 Å².